The van der Waals surface area contributed by atoms with E-state index >= 15 is 0 Å². The lowest BCUT2D eigenvalue weighted by Crippen LogP contribution is -2.27. The van der Waals surface area contributed by atoms with Gasteiger partial charge in [0.1, 0.15) is 0 Å². The summed E-state index contributed by atoms with van der Waals surface area (Å²) in [5.74, 6) is -0.510. The van der Waals surface area contributed by atoms with Crippen LogP contribution >= 0.6 is 11.6 Å². The third-order valence-electron chi connectivity index (χ3n) is 3.25. The number of carbonyl (C=O) groups excluding carboxylic acids is 1. The molecule has 0 spiro atoms. The van der Waals surface area contributed by atoms with Crippen LogP contribution in [0.15, 0.2) is 41.4 Å². The summed E-state index contributed by atoms with van der Waals surface area (Å²) in [6.07, 6.45) is 1.56. The molecule has 0 fully saturated rings. The van der Waals surface area contributed by atoms with Crippen molar-refractivity contribution >= 4 is 33.2 Å². The predicted molar refractivity (Wildman–Crippen MR) is 95.4 cm³/mol. The summed E-state index contributed by atoms with van der Waals surface area (Å²) in [5, 5.41) is 2.82. The lowest BCUT2D eigenvalue weighted by Gasteiger charge is -2.10. The van der Waals surface area contributed by atoms with Crippen LogP contribution in [0.2, 0.25) is 5.02 Å². The predicted octanol–water partition coefficient (Wildman–Crippen LogP) is 2.22. The standard InChI is InChI=1S/C16H18ClN3O4S/c1-11-9-12(5-6-18-11)20-16(21)14-10-13(3-4-15(14)17)25(22,23)19-7-8-24-2/h3-6,9-10,19H,7-8H2,1-2H3,(H,18,20,21). The highest BCUT2D eigenvalue weighted by atomic mass is 35.5. The molecule has 9 heteroatoms. The number of nitrogens with one attached hydrogen (secondary N) is 2. The Hall–Kier alpha value is -2.00. The summed E-state index contributed by atoms with van der Waals surface area (Å²) in [7, 11) is -2.29. The molecule has 0 aliphatic carbocycles. The van der Waals surface area contributed by atoms with Crippen molar-refractivity contribution in [1.29, 1.82) is 0 Å². The molecule has 2 rings (SSSR count). The van der Waals surface area contributed by atoms with Gasteiger partial charge in [-0.2, -0.15) is 0 Å². The van der Waals surface area contributed by atoms with E-state index in [2.05, 4.69) is 15.0 Å². The molecule has 0 aliphatic rings. The number of hydrogen-bond donors (Lipinski definition) is 2. The monoisotopic (exact) mass is 383 g/mol. The highest BCUT2D eigenvalue weighted by molar-refractivity contribution is 7.89. The first kappa shape index (κ1) is 19.3. The Labute approximate surface area is 151 Å². The topological polar surface area (TPSA) is 97.4 Å². The SMILES string of the molecule is COCCNS(=O)(=O)c1ccc(Cl)c(C(=O)Nc2ccnc(C)c2)c1. The number of nitrogens with zero attached hydrogens (tertiary/aromatic N) is 1. The first-order valence-electron chi connectivity index (χ1n) is 7.35. The van der Waals surface area contributed by atoms with Crippen LogP contribution in [0.3, 0.4) is 0 Å². The van der Waals surface area contributed by atoms with Crippen molar-refractivity contribution in [3.8, 4) is 0 Å². The Bertz CT molecular complexity index is 871. The highest BCUT2D eigenvalue weighted by Gasteiger charge is 2.18. The fraction of sp³-hybridized carbons (Fsp3) is 0.250. The normalized spacial score (nSPS) is 11.3. The van der Waals surface area contributed by atoms with E-state index in [9.17, 15) is 13.2 Å². The van der Waals surface area contributed by atoms with E-state index in [1.165, 1.54) is 25.3 Å². The van der Waals surface area contributed by atoms with Gasteiger partial charge in [0.2, 0.25) is 10.0 Å². The van der Waals surface area contributed by atoms with Crippen molar-refractivity contribution in [2.75, 3.05) is 25.6 Å². The number of ether oxygens (including phenoxy) is 1. The van der Waals surface area contributed by atoms with Gasteiger partial charge in [-0.15, -0.1) is 0 Å². The van der Waals surface area contributed by atoms with Crippen LogP contribution in [0.4, 0.5) is 5.69 Å². The maximum absolute atomic E-state index is 12.4. The number of amides is 1. The van der Waals surface area contributed by atoms with Gasteiger partial charge in [-0.3, -0.25) is 9.78 Å². The van der Waals surface area contributed by atoms with Crippen LogP contribution in [0.1, 0.15) is 16.1 Å². The second-order valence-corrected chi connectivity index (χ2v) is 7.35. The molecule has 1 heterocycles. The van der Waals surface area contributed by atoms with E-state index in [0.29, 0.717) is 5.69 Å². The van der Waals surface area contributed by atoms with Gasteiger partial charge in [0.25, 0.3) is 5.91 Å². The van der Waals surface area contributed by atoms with E-state index in [4.69, 9.17) is 16.3 Å². The van der Waals surface area contributed by atoms with Gasteiger partial charge in [-0.05, 0) is 37.3 Å². The average Bonchev–Trinajstić information content (AvgIpc) is 2.55. The largest absolute Gasteiger partial charge is 0.383 e. The van der Waals surface area contributed by atoms with Crippen LogP contribution in [0, 0.1) is 6.92 Å². The first-order valence-corrected chi connectivity index (χ1v) is 9.22. The minimum absolute atomic E-state index is 0.0518. The quantitative estimate of drug-likeness (QED) is 0.714. The zero-order valence-electron chi connectivity index (χ0n) is 13.7. The van der Waals surface area contributed by atoms with E-state index in [0.717, 1.165) is 5.69 Å². The summed E-state index contributed by atoms with van der Waals surface area (Å²) >= 11 is 6.06. The lowest BCUT2D eigenvalue weighted by atomic mass is 10.2. The average molecular weight is 384 g/mol. The Morgan fingerprint density at radius 1 is 1.28 bits per heavy atom. The van der Waals surface area contributed by atoms with Crippen LogP contribution in [-0.2, 0) is 14.8 Å². The number of aromatic nitrogens is 1. The van der Waals surface area contributed by atoms with Gasteiger partial charge >= 0.3 is 0 Å². The summed E-state index contributed by atoms with van der Waals surface area (Å²) in [6.45, 7) is 2.16. The van der Waals surface area contributed by atoms with Crippen molar-refractivity contribution < 1.29 is 17.9 Å². The molecule has 0 saturated carbocycles. The Morgan fingerprint density at radius 2 is 2.04 bits per heavy atom. The second kappa shape index (κ2) is 8.39. The summed E-state index contributed by atoms with van der Waals surface area (Å²) < 4.78 is 31.7. The molecule has 0 atom stereocenters. The summed E-state index contributed by atoms with van der Waals surface area (Å²) in [5.41, 5.74) is 1.34. The number of sulfonamides is 1. The van der Waals surface area contributed by atoms with E-state index in [1.54, 1.807) is 25.3 Å². The summed E-state index contributed by atoms with van der Waals surface area (Å²) in [6, 6.07) is 7.27. The maximum atomic E-state index is 12.4. The molecule has 0 bridgehead atoms. The number of rotatable bonds is 7. The third-order valence-corrected chi connectivity index (χ3v) is 5.03. The van der Waals surface area contributed by atoms with Crippen molar-refractivity contribution in [2.24, 2.45) is 0 Å². The molecular formula is C16H18ClN3O4S. The number of anilines is 1. The number of pyridine rings is 1. The zero-order chi connectivity index (χ0) is 18.4. The molecule has 0 saturated heterocycles. The van der Waals surface area contributed by atoms with Gasteiger partial charge in [-0.1, -0.05) is 11.6 Å². The van der Waals surface area contributed by atoms with Crippen molar-refractivity contribution in [2.45, 2.75) is 11.8 Å². The molecule has 25 heavy (non-hydrogen) atoms. The molecule has 7 nitrogen and oxygen atoms in total. The number of methoxy groups -OCH3 is 1. The third kappa shape index (κ3) is 5.23. The zero-order valence-corrected chi connectivity index (χ0v) is 15.3. The van der Waals surface area contributed by atoms with Gasteiger partial charge in [-0.25, -0.2) is 13.1 Å². The number of aryl methyl sites for hydroxylation is 1. The Balaban J connectivity index is 2.25. The molecule has 0 radical (unpaired) electrons. The second-order valence-electron chi connectivity index (χ2n) is 5.17. The van der Waals surface area contributed by atoms with Crippen molar-refractivity contribution in [1.82, 2.24) is 9.71 Å². The molecule has 1 aromatic heterocycles. The summed E-state index contributed by atoms with van der Waals surface area (Å²) in [4.78, 5) is 16.4. The van der Waals surface area contributed by atoms with Gasteiger partial charge < -0.3 is 10.1 Å². The highest BCUT2D eigenvalue weighted by Crippen LogP contribution is 2.22. The number of halogens is 1. The van der Waals surface area contributed by atoms with E-state index < -0.39 is 15.9 Å². The fourth-order valence-corrected chi connectivity index (χ4v) is 3.27. The molecule has 1 aromatic carbocycles. The smallest absolute Gasteiger partial charge is 0.257 e. The van der Waals surface area contributed by atoms with Crippen LogP contribution in [0.25, 0.3) is 0 Å². The Morgan fingerprint density at radius 3 is 2.72 bits per heavy atom. The van der Waals surface area contributed by atoms with E-state index in [1.807, 2.05) is 0 Å². The number of hydrogen-bond acceptors (Lipinski definition) is 5. The molecular weight excluding hydrogens is 366 g/mol. The van der Waals surface area contributed by atoms with Gasteiger partial charge in [0.15, 0.2) is 0 Å². The van der Waals surface area contributed by atoms with Crippen LogP contribution < -0.4 is 10.0 Å². The molecule has 2 aromatic rings. The number of benzene rings is 1. The minimum Gasteiger partial charge on any atom is -0.383 e. The fourth-order valence-electron chi connectivity index (χ4n) is 2.03. The van der Waals surface area contributed by atoms with E-state index in [-0.39, 0.29) is 28.6 Å². The number of carbonyl (C=O) groups is 1. The van der Waals surface area contributed by atoms with Crippen molar-refractivity contribution in [3.63, 3.8) is 0 Å². The van der Waals surface area contributed by atoms with Crippen LogP contribution in [0.5, 0.6) is 0 Å². The first-order chi connectivity index (χ1) is 11.8. The van der Waals surface area contributed by atoms with Gasteiger partial charge in [0.05, 0.1) is 22.1 Å². The Kier molecular flexibility index (Phi) is 6.49. The lowest BCUT2D eigenvalue weighted by molar-refractivity contribution is 0.102. The van der Waals surface area contributed by atoms with Crippen molar-refractivity contribution in [3.05, 3.63) is 52.8 Å². The maximum Gasteiger partial charge on any atom is 0.257 e. The molecule has 2 N–H and O–H groups in total. The molecule has 1 amide bonds. The van der Waals surface area contributed by atoms with Crippen LogP contribution in [-0.4, -0.2) is 39.6 Å². The molecule has 0 unspecified atom stereocenters. The van der Waals surface area contributed by atoms with Gasteiger partial charge in [0, 0.05) is 31.2 Å². The minimum atomic E-state index is -3.76. The molecule has 134 valence electrons. The molecule has 0 aliphatic heterocycles.